The van der Waals surface area contributed by atoms with Gasteiger partial charge >= 0.3 is 0 Å². The van der Waals surface area contributed by atoms with Crippen molar-refractivity contribution < 1.29 is 9.53 Å². The van der Waals surface area contributed by atoms with E-state index >= 15 is 0 Å². The van der Waals surface area contributed by atoms with Crippen LogP contribution in [-0.4, -0.2) is 42.5 Å². The second-order valence-corrected chi connectivity index (χ2v) is 5.38. The summed E-state index contributed by atoms with van der Waals surface area (Å²) in [6.07, 6.45) is 5.08. The number of hydrogen-bond donors (Lipinski definition) is 1. The first-order valence-electron chi connectivity index (χ1n) is 6.57. The van der Waals surface area contributed by atoms with Crippen molar-refractivity contribution in [1.82, 2.24) is 9.88 Å². The van der Waals surface area contributed by atoms with E-state index in [1.807, 2.05) is 4.90 Å². The highest BCUT2D eigenvalue weighted by Gasteiger charge is 2.31. The highest BCUT2D eigenvalue weighted by Crippen LogP contribution is 2.30. The van der Waals surface area contributed by atoms with Crippen LogP contribution in [0.25, 0.3) is 0 Å². The SMILES string of the molecule is COc1cnccc1C(=O)N1CCC(C)(CN)CC1. The minimum atomic E-state index is 0.0123. The van der Waals surface area contributed by atoms with Crippen LogP contribution in [0.15, 0.2) is 18.5 Å². The molecule has 19 heavy (non-hydrogen) atoms. The van der Waals surface area contributed by atoms with E-state index in [0.717, 1.165) is 25.9 Å². The van der Waals surface area contributed by atoms with Crippen LogP contribution in [0.2, 0.25) is 0 Å². The highest BCUT2D eigenvalue weighted by atomic mass is 16.5. The lowest BCUT2D eigenvalue weighted by molar-refractivity contribution is 0.0614. The van der Waals surface area contributed by atoms with Crippen LogP contribution in [0, 0.1) is 5.41 Å². The molecule has 0 aliphatic carbocycles. The highest BCUT2D eigenvalue weighted by molar-refractivity contribution is 5.96. The summed E-state index contributed by atoms with van der Waals surface area (Å²) >= 11 is 0. The smallest absolute Gasteiger partial charge is 0.257 e. The van der Waals surface area contributed by atoms with Gasteiger partial charge in [-0.15, -0.1) is 0 Å². The van der Waals surface area contributed by atoms with E-state index in [0.29, 0.717) is 17.9 Å². The Kier molecular flexibility index (Phi) is 4.04. The fraction of sp³-hybridized carbons (Fsp3) is 0.571. The van der Waals surface area contributed by atoms with Crippen LogP contribution in [-0.2, 0) is 0 Å². The van der Waals surface area contributed by atoms with Gasteiger partial charge in [-0.3, -0.25) is 9.78 Å². The van der Waals surface area contributed by atoms with Gasteiger partial charge in [0.25, 0.3) is 5.91 Å². The minimum Gasteiger partial charge on any atom is -0.494 e. The molecule has 0 aromatic carbocycles. The summed E-state index contributed by atoms with van der Waals surface area (Å²) in [5, 5.41) is 0. The third kappa shape index (κ3) is 2.87. The van der Waals surface area contributed by atoms with E-state index in [9.17, 15) is 4.79 Å². The van der Waals surface area contributed by atoms with E-state index in [-0.39, 0.29) is 11.3 Å². The molecule has 1 saturated heterocycles. The summed E-state index contributed by atoms with van der Waals surface area (Å²) in [5.74, 6) is 0.540. The molecule has 1 amide bonds. The zero-order chi connectivity index (χ0) is 13.9. The molecule has 0 radical (unpaired) electrons. The van der Waals surface area contributed by atoms with E-state index in [2.05, 4.69) is 11.9 Å². The maximum Gasteiger partial charge on any atom is 0.257 e. The van der Waals surface area contributed by atoms with Crippen molar-refractivity contribution in [1.29, 1.82) is 0 Å². The summed E-state index contributed by atoms with van der Waals surface area (Å²) in [4.78, 5) is 18.3. The van der Waals surface area contributed by atoms with Crippen molar-refractivity contribution in [3.63, 3.8) is 0 Å². The Hall–Kier alpha value is -1.62. The predicted octanol–water partition coefficient (Wildman–Crippen LogP) is 1.29. The molecule has 1 fully saturated rings. The van der Waals surface area contributed by atoms with Crippen molar-refractivity contribution in [3.8, 4) is 5.75 Å². The molecule has 0 saturated carbocycles. The number of hydrogen-bond acceptors (Lipinski definition) is 4. The molecule has 2 heterocycles. The van der Waals surface area contributed by atoms with Crippen molar-refractivity contribution in [3.05, 3.63) is 24.0 Å². The quantitative estimate of drug-likeness (QED) is 0.892. The Balaban J connectivity index is 2.09. The zero-order valence-electron chi connectivity index (χ0n) is 11.6. The molecule has 2 rings (SSSR count). The Morgan fingerprint density at radius 3 is 2.79 bits per heavy atom. The Morgan fingerprint density at radius 2 is 2.21 bits per heavy atom. The van der Waals surface area contributed by atoms with Gasteiger partial charge in [0.1, 0.15) is 5.75 Å². The molecule has 1 aliphatic heterocycles. The minimum absolute atomic E-state index is 0.0123. The molecule has 104 valence electrons. The average Bonchev–Trinajstić information content (AvgIpc) is 2.47. The molecule has 2 N–H and O–H groups in total. The fourth-order valence-corrected chi connectivity index (χ4v) is 2.34. The zero-order valence-corrected chi connectivity index (χ0v) is 11.6. The predicted molar refractivity (Wildman–Crippen MR) is 73.1 cm³/mol. The van der Waals surface area contributed by atoms with E-state index < -0.39 is 0 Å². The Bertz CT molecular complexity index is 454. The number of amides is 1. The molecule has 0 spiro atoms. The third-order valence-electron chi connectivity index (χ3n) is 3.99. The molecular formula is C14H21N3O2. The van der Waals surface area contributed by atoms with Gasteiger partial charge in [0.05, 0.1) is 18.9 Å². The number of methoxy groups -OCH3 is 1. The lowest BCUT2D eigenvalue weighted by Crippen LogP contribution is -2.44. The molecule has 5 nitrogen and oxygen atoms in total. The number of ether oxygens (including phenoxy) is 1. The van der Waals surface area contributed by atoms with Gasteiger partial charge in [0.2, 0.25) is 0 Å². The average molecular weight is 263 g/mol. The van der Waals surface area contributed by atoms with Gasteiger partial charge in [-0.2, -0.15) is 0 Å². The molecule has 0 bridgehead atoms. The number of carbonyl (C=O) groups is 1. The number of rotatable bonds is 3. The fourth-order valence-electron chi connectivity index (χ4n) is 2.34. The maximum atomic E-state index is 12.5. The summed E-state index contributed by atoms with van der Waals surface area (Å²) in [7, 11) is 1.55. The normalized spacial score (nSPS) is 18.2. The van der Waals surface area contributed by atoms with Gasteiger partial charge < -0.3 is 15.4 Å². The molecular weight excluding hydrogens is 242 g/mol. The first kappa shape index (κ1) is 13.8. The lowest BCUT2D eigenvalue weighted by atomic mass is 9.80. The second-order valence-electron chi connectivity index (χ2n) is 5.38. The van der Waals surface area contributed by atoms with Crippen molar-refractivity contribution >= 4 is 5.91 Å². The number of piperidine rings is 1. The van der Waals surface area contributed by atoms with Crippen LogP contribution in [0.4, 0.5) is 0 Å². The first-order chi connectivity index (χ1) is 9.09. The van der Waals surface area contributed by atoms with Gasteiger partial charge in [0.15, 0.2) is 0 Å². The van der Waals surface area contributed by atoms with Crippen LogP contribution in [0.3, 0.4) is 0 Å². The summed E-state index contributed by atoms with van der Waals surface area (Å²) < 4.78 is 5.19. The Morgan fingerprint density at radius 1 is 1.53 bits per heavy atom. The van der Waals surface area contributed by atoms with Gasteiger partial charge in [-0.1, -0.05) is 6.92 Å². The topological polar surface area (TPSA) is 68.5 Å². The molecule has 1 aliphatic rings. The molecule has 0 unspecified atom stereocenters. The maximum absolute atomic E-state index is 12.5. The molecule has 0 atom stereocenters. The van der Waals surface area contributed by atoms with Crippen molar-refractivity contribution in [2.24, 2.45) is 11.1 Å². The van der Waals surface area contributed by atoms with Gasteiger partial charge in [0, 0.05) is 19.3 Å². The van der Waals surface area contributed by atoms with Gasteiger partial charge in [-0.05, 0) is 30.9 Å². The number of nitrogens with zero attached hydrogens (tertiary/aromatic N) is 2. The molecule has 1 aromatic rings. The van der Waals surface area contributed by atoms with Crippen LogP contribution in [0.5, 0.6) is 5.75 Å². The standard InChI is InChI=1S/C14H21N3O2/c1-14(10-15)4-7-17(8-5-14)13(18)11-3-6-16-9-12(11)19-2/h3,6,9H,4-5,7-8,10,15H2,1-2H3. The summed E-state index contributed by atoms with van der Waals surface area (Å²) in [5.41, 5.74) is 6.53. The number of likely N-dealkylation sites (tertiary alicyclic amines) is 1. The monoisotopic (exact) mass is 263 g/mol. The van der Waals surface area contributed by atoms with E-state index in [1.54, 1.807) is 25.6 Å². The second kappa shape index (κ2) is 5.57. The third-order valence-corrected chi connectivity index (χ3v) is 3.99. The van der Waals surface area contributed by atoms with Crippen molar-refractivity contribution in [2.45, 2.75) is 19.8 Å². The van der Waals surface area contributed by atoms with E-state index in [1.165, 1.54) is 0 Å². The van der Waals surface area contributed by atoms with Crippen LogP contribution < -0.4 is 10.5 Å². The number of pyridine rings is 1. The number of carbonyl (C=O) groups excluding carboxylic acids is 1. The first-order valence-corrected chi connectivity index (χ1v) is 6.57. The summed E-state index contributed by atoms with van der Waals surface area (Å²) in [6.45, 7) is 4.35. The van der Waals surface area contributed by atoms with Crippen molar-refractivity contribution in [2.75, 3.05) is 26.7 Å². The van der Waals surface area contributed by atoms with E-state index in [4.69, 9.17) is 10.5 Å². The Labute approximate surface area is 113 Å². The van der Waals surface area contributed by atoms with Gasteiger partial charge in [-0.25, -0.2) is 0 Å². The lowest BCUT2D eigenvalue weighted by Gasteiger charge is -2.38. The number of aromatic nitrogens is 1. The molecule has 1 aromatic heterocycles. The summed E-state index contributed by atoms with van der Waals surface area (Å²) in [6, 6.07) is 1.71. The number of nitrogens with two attached hydrogens (primary N) is 1. The van der Waals surface area contributed by atoms with Crippen LogP contribution >= 0.6 is 0 Å². The molecule has 5 heteroatoms. The largest absolute Gasteiger partial charge is 0.494 e. The van der Waals surface area contributed by atoms with Crippen LogP contribution in [0.1, 0.15) is 30.1 Å².